The molecule has 0 atom stereocenters. The molecule has 0 aliphatic carbocycles. The zero-order valence-corrected chi connectivity index (χ0v) is 11.6. The number of aryl methyl sites for hydroxylation is 1. The van der Waals surface area contributed by atoms with Crippen LogP contribution in [0.15, 0.2) is 34.7 Å². The molecule has 0 unspecified atom stereocenters. The average Bonchev–Trinajstić information content (AvgIpc) is 2.76. The molecule has 0 fully saturated rings. The van der Waals surface area contributed by atoms with Crippen molar-refractivity contribution in [1.82, 2.24) is 10.2 Å². The summed E-state index contributed by atoms with van der Waals surface area (Å²) in [6, 6.07) is 9.46. The van der Waals surface area contributed by atoms with Gasteiger partial charge in [-0.15, -0.1) is 10.2 Å². The van der Waals surface area contributed by atoms with E-state index in [1.807, 2.05) is 37.3 Å². The molecular formula is C12H13N3OS2. The lowest BCUT2D eigenvalue weighted by Crippen LogP contribution is -2.11. The summed E-state index contributed by atoms with van der Waals surface area (Å²) in [5.41, 5.74) is 0.833. The number of amides is 1. The molecule has 18 heavy (non-hydrogen) atoms. The molecule has 1 N–H and O–H groups in total. The predicted octanol–water partition coefficient (Wildman–Crippen LogP) is 2.97. The first kappa shape index (κ1) is 13.0. The summed E-state index contributed by atoms with van der Waals surface area (Å²) in [5, 5.41) is 11.7. The monoisotopic (exact) mass is 279 g/mol. The molecule has 1 aromatic heterocycles. The zero-order valence-electron chi connectivity index (χ0n) is 9.92. The summed E-state index contributed by atoms with van der Waals surface area (Å²) in [6.45, 7) is 1.92. The maximum absolute atomic E-state index is 11.7. The van der Waals surface area contributed by atoms with Gasteiger partial charge < -0.3 is 5.32 Å². The second-order valence-electron chi connectivity index (χ2n) is 3.60. The fourth-order valence-electron chi connectivity index (χ4n) is 1.31. The number of carbonyl (C=O) groups excluding carboxylic acids is 1. The summed E-state index contributed by atoms with van der Waals surface area (Å²) >= 11 is 3.12. The van der Waals surface area contributed by atoms with E-state index in [1.165, 1.54) is 0 Å². The first-order valence-corrected chi connectivity index (χ1v) is 7.32. The standard InChI is InChI=1S/C12H13N3OS2/c1-9-14-15-12(18-9)17-8-7-11(16)13-10-5-3-2-4-6-10/h2-6H,7-8H2,1H3,(H,13,16). The van der Waals surface area contributed by atoms with Crippen LogP contribution in [0, 0.1) is 6.92 Å². The summed E-state index contributed by atoms with van der Waals surface area (Å²) in [6.07, 6.45) is 0.470. The number of carbonyl (C=O) groups is 1. The van der Waals surface area contributed by atoms with Crippen molar-refractivity contribution in [3.63, 3.8) is 0 Å². The Bertz CT molecular complexity index is 513. The average molecular weight is 279 g/mol. The normalized spacial score (nSPS) is 10.3. The summed E-state index contributed by atoms with van der Waals surface area (Å²) in [4.78, 5) is 11.7. The molecular weight excluding hydrogens is 266 g/mol. The van der Waals surface area contributed by atoms with Crippen molar-refractivity contribution in [2.75, 3.05) is 11.1 Å². The van der Waals surface area contributed by atoms with Gasteiger partial charge in [-0.3, -0.25) is 4.79 Å². The van der Waals surface area contributed by atoms with Crippen LogP contribution in [0.5, 0.6) is 0 Å². The Balaban J connectivity index is 1.72. The molecule has 0 aliphatic rings. The SMILES string of the molecule is Cc1nnc(SCCC(=O)Nc2ccccc2)s1. The quantitative estimate of drug-likeness (QED) is 0.855. The topological polar surface area (TPSA) is 54.9 Å². The summed E-state index contributed by atoms with van der Waals surface area (Å²) < 4.78 is 0.917. The lowest BCUT2D eigenvalue weighted by molar-refractivity contribution is -0.115. The third-order valence-corrected chi connectivity index (χ3v) is 4.09. The van der Waals surface area contributed by atoms with Crippen LogP contribution >= 0.6 is 23.1 Å². The minimum absolute atomic E-state index is 0.0231. The van der Waals surface area contributed by atoms with Gasteiger partial charge in [0, 0.05) is 17.9 Å². The molecule has 0 aliphatic heterocycles. The maximum Gasteiger partial charge on any atom is 0.225 e. The van der Waals surface area contributed by atoms with Gasteiger partial charge in [0.15, 0.2) is 4.34 Å². The second kappa shape index (κ2) is 6.51. The van der Waals surface area contributed by atoms with Crippen molar-refractivity contribution in [2.24, 2.45) is 0 Å². The van der Waals surface area contributed by atoms with E-state index in [9.17, 15) is 4.79 Å². The van der Waals surface area contributed by atoms with Crippen LogP contribution in [0.1, 0.15) is 11.4 Å². The van der Waals surface area contributed by atoms with Gasteiger partial charge in [0.25, 0.3) is 0 Å². The summed E-state index contributed by atoms with van der Waals surface area (Å²) in [5.74, 6) is 0.739. The van der Waals surface area contributed by atoms with Crippen LogP contribution in [-0.2, 0) is 4.79 Å². The Kier molecular flexibility index (Phi) is 4.72. The Morgan fingerprint density at radius 2 is 2.11 bits per heavy atom. The highest BCUT2D eigenvalue weighted by atomic mass is 32.2. The van der Waals surface area contributed by atoms with E-state index >= 15 is 0 Å². The van der Waals surface area contributed by atoms with Gasteiger partial charge in [-0.1, -0.05) is 41.3 Å². The number of hydrogen-bond donors (Lipinski definition) is 1. The van der Waals surface area contributed by atoms with Gasteiger partial charge in [-0.2, -0.15) is 0 Å². The highest BCUT2D eigenvalue weighted by Crippen LogP contribution is 2.22. The number of rotatable bonds is 5. The molecule has 2 aromatic rings. The van der Waals surface area contributed by atoms with Crippen LogP contribution in [0.2, 0.25) is 0 Å². The van der Waals surface area contributed by atoms with E-state index in [2.05, 4.69) is 15.5 Å². The Morgan fingerprint density at radius 1 is 1.33 bits per heavy atom. The van der Waals surface area contributed by atoms with Gasteiger partial charge in [0.1, 0.15) is 5.01 Å². The van der Waals surface area contributed by atoms with Gasteiger partial charge in [0.05, 0.1) is 0 Å². The van der Waals surface area contributed by atoms with Gasteiger partial charge in [0.2, 0.25) is 5.91 Å². The smallest absolute Gasteiger partial charge is 0.225 e. The molecule has 94 valence electrons. The molecule has 4 nitrogen and oxygen atoms in total. The predicted molar refractivity (Wildman–Crippen MR) is 75.1 cm³/mol. The van der Waals surface area contributed by atoms with Crippen molar-refractivity contribution in [1.29, 1.82) is 0 Å². The highest BCUT2D eigenvalue weighted by molar-refractivity contribution is 8.01. The Hall–Kier alpha value is -1.40. The molecule has 2 rings (SSSR count). The largest absolute Gasteiger partial charge is 0.326 e. The Labute approximate surface area is 114 Å². The van der Waals surface area contributed by atoms with Crippen molar-refractivity contribution in [3.05, 3.63) is 35.3 Å². The van der Waals surface area contributed by atoms with Crippen molar-refractivity contribution in [3.8, 4) is 0 Å². The van der Waals surface area contributed by atoms with Crippen LogP contribution in [0.4, 0.5) is 5.69 Å². The molecule has 1 amide bonds. The lowest BCUT2D eigenvalue weighted by Gasteiger charge is -2.03. The number of hydrogen-bond acceptors (Lipinski definition) is 5. The molecule has 1 aromatic carbocycles. The number of aromatic nitrogens is 2. The third-order valence-electron chi connectivity index (χ3n) is 2.12. The molecule has 0 spiro atoms. The van der Waals surface area contributed by atoms with Crippen molar-refractivity contribution >= 4 is 34.7 Å². The van der Waals surface area contributed by atoms with E-state index in [0.717, 1.165) is 15.0 Å². The number of nitrogens with zero attached hydrogens (tertiary/aromatic N) is 2. The zero-order chi connectivity index (χ0) is 12.8. The van der Waals surface area contributed by atoms with E-state index in [1.54, 1.807) is 23.1 Å². The number of anilines is 1. The van der Waals surface area contributed by atoms with Crippen LogP contribution < -0.4 is 5.32 Å². The maximum atomic E-state index is 11.7. The molecule has 0 saturated heterocycles. The van der Waals surface area contributed by atoms with Crippen molar-refractivity contribution < 1.29 is 4.79 Å². The number of para-hydroxylation sites is 1. The van der Waals surface area contributed by atoms with Crippen LogP contribution in [0.25, 0.3) is 0 Å². The molecule has 0 radical (unpaired) electrons. The van der Waals surface area contributed by atoms with E-state index < -0.39 is 0 Å². The third kappa shape index (κ3) is 4.12. The summed E-state index contributed by atoms with van der Waals surface area (Å²) in [7, 11) is 0. The van der Waals surface area contributed by atoms with E-state index in [-0.39, 0.29) is 5.91 Å². The molecule has 0 saturated carbocycles. The minimum Gasteiger partial charge on any atom is -0.326 e. The highest BCUT2D eigenvalue weighted by Gasteiger charge is 2.05. The first-order chi connectivity index (χ1) is 8.74. The number of nitrogens with one attached hydrogen (secondary N) is 1. The molecule has 1 heterocycles. The van der Waals surface area contributed by atoms with Gasteiger partial charge >= 0.3 is 0 Å². The molecule has 6 heteroatoms. The van der Waals surface area contributed by atoms with Crippen molar-refractivity contribution in [2.45, 2.75) is 17.7 Å². The van der Waals surface area contributed by atoms with Gasteiger partial charge in [-0.25, -0.2) is 0 Å². The fourth-order valence-corrected chi connectivity index (χ4v) is 3.14. The minimum atomic E-state index is 0.0231. The van der Waals surface area contributed by atoms with E-state index in [4.69, 9.17) is 0 Å². The number of thioether (sulfide) groups is 1. The van der Waals surface area contributed by atoms with Crippen LogP contribution in [0.3, 0.4) is 0 Å². The van der Waals surface area contributed by atoms with Gasteiger partial charge in [-0.05, 0) is 19.1 Å². The van der Waals surface area contributed by atoms with Crippen LogP contribution in [-0.4, -0.2) is 21.9 Å². The van der Waals surface area contributed by atoms with E-state index in [0.29, 0.717) is 12.2 Å². The Morgan fingerprint density at radius 3 is 2.78 bits per heavy atom. The first-order valence-electron chi connectivity index (χ1n) is 5.52. The number of benzene rings is 1. The molecule has 0 bridgehead atoms. The lowest BCUT2D eigenvalue weighted by atomic mass is 10.3. The second-order valence-corrected chi connectivity index (χ2v) is 6.12. The fraction of sp³-hybridized carbons (Fsp3) is 0.250.